The largest absolute Gasteiger partial charge is 0.388 e. The number of nitrogens with one attached hydrogen (secondary N) is 3. The van der Waals surface area contributed by atoms with Crippen LogP contribution in [-0.4, -0.2) is 58.3 Å². The van der Waals surface area contributed by atoms with E-state index in [1.54, 1.807) is 18.2 Å². The van der Waals surface area contributed by atoms with Gasteiger partial charge in [-0.05, 0) is 18.2 Å². The van der Waals surface area contributed by atoms with E-state index in [4.69, 9.17) is 4.74 Å². The number of carbonyl (C=O) groups excluding carboxylic acids is 2. The van der Waals surface area contributed by atoms with Crippen molar-refractivity contribution in [3.05, 3.63) is 18.2 Å². The van der Waals surface area contributed by atoms with Crippen LogP contribution in [-0.2, 0) is 14.3 Å². The van der Waals surface area contributed by atoms with Gasteiger partial charge in [0.2, 0.25) is 11.8 Å². The summed E-state index contributed by atoms with van der Waals surface area (Å²) in [5.41, 5.74) is 1.27. The molecule has 2 rings (SSSR count). The van der Waals surface area contributed by atoms with Gasteiger partial charge in [0.1, 0.15) is 18.3 Å². The molecule has 1 aliphatic heterocycles. The maximum absolute atomic E-state index is 11.3. The van der Waals surface area contributed by atoms with Crippen molar-refractivity contribution in [1.82, 2.24) is 0 Å². The molecule has 1 fully saturated rings. The van der Waals surface area contributed by atoms with Gasteiger partial charge < -0.3 is 36.0 Å². The fourth-order valence-electron chi connectivity index (χ4n) is 2.33. The normalized spacial score (nSPS) is 26.5. The molecule has 6 N–H and O–H groups in total. The molecule has 24 heavy (non-hydrogen) atoms. The van der Waals surface area contributed by atoms with E-state index in [1.807, 2.05) is 0 Å². The lowest BCUT2D eigenvalue weighted by atomic mass is 10.0. The molecule has 0 bridgehead atoms. The lowest BCUT2D eigenvalue weighted by Gasteiger charge is -2.36. The third kappa shape index (κ3) is 4.42. The predicted molar refractivity (Wildman–Crippen MR) is 86.4 cm³/mol. The van der Waals surface area contributed by atoms with Crippen molar-refractivity contribution in [1.29, 1.82) is 0 Å². The molecule has 0 radical (unpaired) electrons. The van der Waals surface area contributed by atoms with Crippen LogP contribution in [0.25, 0.3) is 0 Å². The third-order valence-electron chi connectivity index (χ3n) is 3.45. The molecule has 1 saturated heterocycles. The van der Waals surface area contributed by atoms with E-state index in [-0.39, 0.29) is 18.4 Å². The Bertz CT molecular complexity index is 623. The minimum absolute atomic E-state index is 0.156. The molecule has 1 aromatic rings. The van der Waals surface area contributed by atoms with Crippen LogP contribution in [0.2, 0.25) is 0 Å². The molecule has 0 aromatic heterocycles. The summed E-state index contributed by atoms with van der Waals surface area (Å²) in [7, 11) is 0. The smallest absolute Gasteiger partial charge is 0.221 e. The quantitative estimate of drug-likeness (QED) is 0.433. The second-order valence-corrected chi connectivity index (χ2v) is 5.57. The lowest BCUT2D eigenvalue weighted by Crippen LogP contribution is -2.55. The first kappa shape index (κ1) is 18.1. The topological polar surface area (TPSA) is 140 Å². The molecule has 1 aliphatic rings. The van der Waals surface area contributed by atoms with E-state index in [2.05, 4.69) is 16.0 Å². The Kier molecular flexibility index (Phi) is 5.73. The SMILES string of the molecule is CC(=O)Nc1ccc(NC(C)=O)c(N[C@@H]2OC[C@H](O)[C@H](O)[C@H]2O)c1. The van der Waals surface area contributed by atoms with Crippen LogP contribution in [0.5, 0.6) is 0 Å². The number of amides is 2. The van der Waals surface area contributed by atoms with E-state index in [9.17, 15) is 24.9 Å². The van der Waals surface area contributed by atoms with Gasteiger partial charge in [-0.15, -0.1) is 0 Å². The molecule has 9 heteroatoms. The second kappa shape index (κ2) is 7.58. The number of hydrogen-bond acceptors (Lipinski definition) is 7. The number of rotatable bonds is 4. The number of ether oxygens (including phenoxy) is 1. The Morgan fingerprint density at radius 1 is 1.04 bits per heavy atom. The molecule has 132 valence electrons. The number of anilines is 3. The van der Waals surface area contributed by atoms with Crippen LogP contribution in [0.15, 0.2) is 18.2 Å². The van der Waals surface area contributed by atoms with Gasteiger partial charge in [-0.3, -0.25) is 9.59 Å². The van der Waals surface area contributed by atoms with Crippen molar-refractivity contribution in [2.75, 3.05) is 22.6 Å². The fraction of sp³-hybridized carbons (Fsp3) is 0.467. The average Bonchev–Trinajstić information content (AvgIpc) is 2.49. The van der Waals surface area contributed by atoms with Gasteiger partial charge >= 0.3 is 0 Å². The summed E-state index contributed by atoms with van der Waals surface area (Å²) < 4.78 is 5.29. The molecule has 4 atom stereocenters. The van der Waals surface area contributed by atoms with Crippen LogP contribution in [0.1, 0.15) is 13.8 Å². The Balaban J connectivity index is 2.24. The zero-order chi connectivity index (χ0) is 17.9. The van der Waals surface area contributed by atoms with Crippen LogP contribution >= 0.6 is 0 Å². The standard InChI is InChI=1S/C15H21N3O6/c1-7(19)16-9-3-4-10(17-8(2)20)11(5-9)18-15-14(23)13(22)12(21)6-24-15/h3-5,12-15,18,21-23H,6H2,1-2H3,(H,16,19)(H,17,20)/t12-,13-,14+,15+/m0/s1. The van der Waals surface area contributed by atoms with Crippen LogP contribution < -0.4 is 16.0 Å². The molecule has 2 amide bonds. The van der Waals surface area contributed by atoms with Crippen molar-refractivity contribution < 1.29 is 29.6 Å². The summed E-state index contributed by atoms with van der Waals surface area (Å²) in [6.45, 7) is 2.55. The molecule has 0 aliphatic carbocycles. The van der Waals surface area contributed by atoms with E-state index in [0.29, 0.717) is 17.1 Å². The highest BCUT2D eigenvalue weighted by atomic mass is 16.5. The number of benzene rings is 1. The van der Waals surface area contributed by atoms with Crippen molar-refractivity contribution in [3.63, 3.8) is 0 Å². The summed E-state index contributed by atoms with van der Waals surface area (Å²) in [5.74, 6) is -0.563. The highest BCUT2D eigenvalue weighted by Crippen LogP contribution is 2.28. The van der Waals surface area contributed by atoms with Gasteiger partial charge in [0.15, 0.2) is 6.23 Å². The van der Waals surface area contributed by atoms with E-state index < -0.39 is 24.5 Å². The van der Waals surface area contributed by atoms with Gasteiger partial charge in [0, 0.05) is 19.5 Å². The highest BCUT2D eigenvalue weighted by Gasteiger charge is 2.37. The van der Waals surface area contributed by atoms with Gasteiger partial charge in [-0.2, -0.15) is 0 Å². The number of carbonyl (C=O) groups is 2. The molecular weight excluding hydrogens is 318 g/mol. The number of aliphatic hydroxyl groups is 3. The van der Waals surface area contributed by atoms with Gasteiger partial charge in [0.05, 0.1) is 18.0 Å². The van der Waals surface area contributed by atoms with Crippen LogP contribution in [0.3, 0.4) is 0 Å². The minimum Gasteiger partial charge on any atom is -0.388 e. The zero-order valence-electron chi connectivity index (χ0n) is 13.3. The first-order chi connectivity index (χ1) is 11.3. The Morgan fingerprint density at radius 2 is 1.71 bits per heavy atom. The monoisotopic (exact) mass is 339 g/mol. The summed E-state index contributed by atoms with van der Waals surface area (Å²) >= 11 is 0. The highest BCUT2D eigenvalue weighted by molar-refractivity contribution is 5.95. The third-order valence-corrected chi connectivity index (χ3v) is 3.45. The van der Waals surface area contributed by atoms with Crippen molar-refractivity contribution in [2.24, 2.45) is 0 Å². The van der Waals surface area contributed by atoms with Gasteiger partial charge in [0.25, 0.3) is 0 Å². The number of aliphatic hydroxyl groups excluding tert-OH is 3. The first-order valence-electron chi connectivity index (χ1n) is 7.39. The molecule has 0 unspecified atom stereocenters. The van der Waals surface area contributed by atoms with Crippen LogP contribution in [0, 0.1) is 0 Å². The summed E-state index contributed by atoms with van der Waals surface area (Å²) in [5, 5.41) is 37.3. The molecule has 1 heterocycles. The first-order valence-corrected chi connectivity index (χ1v) is 7.39. The Labute approximate surface area is 138 Å². The van der Waals surface area contributed by atoms with Crippen LogP contribution in [0.4, 0.5) is 17.1 Å². The molecule has 1 aromatic carbocycles. The van der Waals surface area contributed by atoms with E-state index in [1.165, 1.54) is 13.8 Å². The summed E-state index contributed by atoms with van der Waals surface area (Å²) in [6, 6.07) is 4.74. The summed E-state index contributed by atoms with van der Waals surface area (Å²) in [6.07, 6.45) is -4.91. The summed E-state index contributed by atoms with van der Waals surface area (Å²) in [4.78, 5) is 22.5. The average molecular weight is 339 g/mol. The van der Waals surface area contributed by atoms with Crippen molar-refractivity contribution in [3.8, 4) is 0 Å². The minimum atomic E-state index is -1.37. The maximum Gasteiger partial charge on any atom is 0.221 e. The maximum atomic E-state index is 11.3. The Morgan fingerprint density at radius 3 is 2.33 bits per heavy atom. The lowest BCUT2D eigenvalue weighted by molar-refractivity contribution is -0.178. The molecule has 9 nitrogen and oxygen atoms in total. The second-order valence-electron chi connectivity index (χ2n) is 5.57. The fourth-order valence-corrected chi connectivity index (χ4v) is 2.33. The Hall–Kier alpha value is -2.20. The van der Waals surface area contributed by atoms with Crippen molar-refractivity contribution in [2.45, 2.75) is 38.4 Å². The predicted octanol–water partition coefficient (Wildman–Crippen LogP) is -0.546. The molecular formula is C15H21N3O6. The molecule has 0 spiro atoms. The molecule has 0 saturated carbocycles. The van der Waals surface area contributed by atoms with E-state index in [0.717, 1.165) is 0 Å². The van der Waals surface area contributed by atoms with E-state index >= 15 is 0 Å². The van der Waals surface area contributed by atoms with Gasteiger partial charge in [-0.1, -0.05) is 0 Å². The van der Waals surface area contributed by atoms with Gasteiger partial charge in [-0.25, -0.2) is 0 Å². The zero-order valence-corrected chi connectivity index (χ0v) is 13.3. The van der Waals surface area contributed by atoms with Crippen molar-refractivity contribution >= 4 is 28.9 Å². The number of hydrogen-bond donors (Lipinski definition) is 6.